The molecule has 0 spiro atoms. The zero-order valence-corrected chi connectivity index (χ0v) is 16.5. The highest BCUT2D eigenvalue weighted by atomic mass is 28.3. The average Bonchev–Trinajstić information content (AvgIpc) is 2.46. The second-order valence-electron chi connectivity index (χ2n) is 7.26. The number of rotatable bonds is 17. The van der Waals surface area contributed by atoms with Gasteiger partial charge in [0.15, 0.2) is 0 Å². The van der Waals surface area contributed by atoms with Gasteiger partial charge in [-0.05, 0) is 0 Å². The van der Waals surface area contributed by atoms with Gasteiger partial charge in [0, 0.05) is 8.80 Å². The maximum atomic E-state index is 2.44. The largest absolute Gasteiger partial charge is 0.0713 e. The van der Waals surface area contributed by atoms with Gasteiger partial charge in [0.1, 0.15) is 0 Å². The number of unbranched alkanes of at least 4 members (excludes halogenated alkanes) is 15. The summed E-state index contributed by atoms with van der Waals surface area (Å²) in [6.07, 6.45) is 23.7. The molecule has 0 amide bonds. The average molecular weight is 312 g/mol. The highest BCUT2D eigenvalue weighted by Crippen LogP contribution is 2.14. The molecule has 0 aliphatic heterocycles. The first-order chi connectivity index (χ1) is 10.3. The fourth-order valence-corrected chi connectivity index (χ4v) is 3.98. The molecule has 0 nitrogen and oxygen atoms in total. The molecular formula is C20H43Si. The van der Waals surface area contributed by atoms with E-state index >= 15 is 0 Å². The third-order valence-corrected chi connectivity index (χ3v) is 5.88. The van der Waals surface area contributed by atoms with E-state index in [1.807, 2.05) is 0 Å². The predicted octanol–water partition coefficient (Wildman–Crippen LogP) is 8.00. The van der Waals surface area contributed by atoms with Crippen LogP contribution in [0.2, 0.25) is 19.1 Å². The molecule has 1 radical (unpaired) electrons. The molecule has 0 aromatic rings. The van der Waals surface area contributed by atoms with E-state index in [9.17, 15) is 0 Å². The van der Waals surface area contributed by atoms with Crippen molar-refractivity contribution in [2.24, 2.45) is 0 Å². The van der Waals surface area contributed by atoms with E-state index in [0.29, 0.717) is 0 Å². The summed E-state index contributed by atoms with van der Waals surface area (Å²) in [4.78, 5) is 0. The Balaban J connectivity index is 2.93. The van der Waals surface area contributed by atoms with Gasteiger partial charge in [-0.25, -0.2) is 0 Å². The lowest BCUT2D eigenvalue weighted by Gasteiger charge is -2.04. The Morgan fingerprint density at radius 2 is 0.714 bits per heavy atom. The molecule has 0 aromatic heterocycles. The van der Waals surface area contributed by atoms with Crippen molar-refractivity contribution in [2.75, 3.05) is 0 Å². The van der Waals surface area contributed by atoms with Gasteiger partial charge in [-0.1, -0.05) is 129 Å². The molecule has 0 atom stereocenters. The Labute approximate surface area is 138 Å². The summed E-state index contributed by atoms with van der Waals surface area (Å²) < 4.78 is 0. The van der Waals surface area contributed by atoms with Crippen LogP contribution in [-0.2, 0) is 0 Å². The van der Waals surface area contributed by atoms with Crippen LogP contribution < -0.4 is 0 Å². The Morgan fingerprint density at radius 3 is 1.00 bits per heavy atom. The van der Waals surface area contributed by atoms with Crippen LogP contribution in [0.15, 0.2) is 0 Å². The summed E-state index contributed by atoms with van der Waals surface area (Å²) in [5, 5.41) is 0. The molecule has 0 N–H and O–H groups in total. The fraction of sp³-hybridized carbons (Fsp3) is 1.00. The first kappa shape index (κ1) is 21.2. The standard InChI is InChI=1S/C20H43Si/c1-4-5-6-7-8-9-10-11-12-13-14-15-16-17-18-19-20-21(2)3/h4-20H2,1-3H3. The third-order valence-electron chi connectivity index (χ3n) is 4.53. The van der Waals surface area contributed by atoms with Crippen LogP contribution in [0.5, 0.6) is 0 Å². The van der Waals surface area contributed by atoms with Crippen LogP contribution in [-0.4, -0.2) is 8.80 Å². The van der Waals surface area contributed by atoms with Crippen LogP contribution in [0, 0.1) is 0 Å². The molecule has 21 heavy (non-hydrogen) atoms. The van der Waals surface area contributed by atoms with E-state index in [0.717, 1.165) is 0 Å². The van der Waals surface area contributed by atoms with E-state index in [-0.39, 0.29) is 8.80 Å². The number of hydrogen-bond donors (Lipinski definition) is 0. The van der Waals surface area contributed by atoms with Crippen molar-refractivity contribution in [1.29, 1.82) is 0 Å². The molecule has 0 bridgehead atoms. The van der Waals surface area contributed by atoms with Crippen molar-refractivity contribution in [3.05, 3.63) is 0 Å². The summed E-state index contributed by atoms with van der Waals surface area (Å²) in [6.45, 7) is 7.18. The Kier molecular flexibility index (Phi) is 18.5. The second-order valence-corrected chi connectivity index (χ2v) is 10.2. The molecule has 0 saturated carbocycles. The smallest absolute Gasteiger partial charge is 0.0412 e. The summed E-state index contributed by atoms with van der Waals surface area (Å²) in [5.41, 5.74) is 0. The lowest BCUT2D eigenvalue weighted by Crippen LogP contribution is -1.97. The van der Waals surface area contributed by atoms with Crippen LogP contribution in [0.1, 0.15) is 110 Å². The predicted molar refractivity (Wildman–Crippen MR) is 102 cm³/mol. The monoisotopic (exact) mass is 311 g/mol. The van der Waals surface area contributed by atoms with Gasteiger partial charge in [0.05, 0.1) is 0 Å². The van der Waals surface area contributed by atoms with Crippen molar-refractivity contribution in [2.45, 2.75) is 129 Å². The molecule has 0 aliphatic carbocycles. The van der Waals surface area contributed by atoms with Crippen molar-refractivity contribution in [1.82, 2.24) is 0 Å². The van der Waals surface area contributed by atoms with Gasteiger partial charge < -0.3 is 0 Å². The fourth-order valence-electron chi connectivity index (χ4n) is 3.03. The van der Waals surface area contributed by atoms with Crippen LogP contribution in [0.4, 0.5) is 0 Å². The minimum absolute atomic E-state index is 0.0467. The van der Waals surface area contributed by atoms with Gasteiger partial charge in [-0.3, -0.25) is 0 Å². The summed E-state index contributed by atoms with van der Waals surface area (Å²) >= 11 is 0. The van der Waals surface area contributed by atoms with Gasteiger partial charge in [-0.15, -0.1) is 0 Å². The van der Waals surface area contributed by atoms with Gasteiger partial charge >= 0.3 is 0 Å². The van der Waals surface area contributed by atoms with E-state index in [4.69, 9.17) is 0 Å². The molecule has 1 heteroatoms. The second kappa shape index (κ2) is 18.3. The SMILES string of the molecule is CCCCCCCCCCCCCCCCCC[Si](C)C. The summed E-state index contributed by atoms with van der Waals surface area (Å²) in [5.74, 6) is 0. The van der Waals surface area contributed by atoms with Crippen molar-refractivity contribution < 1.29 is 0 Å². The van der Waals surface area contributed by atoms with Gasteiger partial charge in [0.2, 0.25) is 0 Å². The van der Waals surface area contributed by atoms with Crippen LogP contribution >= 0.6 is 0 Å². The topological polar surface area (TPSA) is 0 Å². The van der Waals surface area contributed by atoms with Crippen molar-refractivity contribution in [3.63, 3.8) is 0 Å². The van der Waals surface area contributed by atoms with Crippen molar-refractivity contribution >= 4 is 8.80 Å². The van der Waals surface area contributed by atoms with E-state index in [2.05, 4.69) is 20.0 Å². The molecular weight excluding hydrogens is 268 g/mol. The zero-order valence-electron chi connectivity index (χ0n) is 15.5. The summed E-state index contributed by atoms with van der Waals surface area (Å²) in [6, 6.07) is 1.53. The first-order valence-electron chi connectivity index (χ1n) is 10.1. The zero-order chi connectivity index (χ0) is 15.6. The lowest BCUT2D eigenvalue weighted by atomic mass is 10.0. The molecule has 0 fully saturated rings. The normalized spacial score (nSPS) is 11.4. The maximum Gasteiger partial charge on any atom is 0.0412 e. The molecule has 0 aromatic carbocycles. The molecule has 0 rings (SSSR count). The lowest BCUT2D eigenvalue weighted by molar-refractivity contribution is 0.531. The molecule has 127 valence electrons. The maximum absolute atomic E-state index is 2.44. The Bertz CT molecular complexity index is 177. The minimum atomic E-state index is 0.0467. The van der Waals surface area contributed by atoms with E-state index < -0.39 is 0 Å². The molecule has 0 saturated heterocycles. The summed E-state index contributed by atoms with van der Waals surface area (Å²) in [7, 11) is 0.0467. The first-order valence-corrected chi connectivity index (χ1v) is 12.8. The molecule has 0 unspecified atom stereocenters. The van der Waals surface area contributed by atoms with Crippen LogP contribution in [0.3, 0.4) is 0 Å². The van der Waals surface area contributed by atoms with Gasteiger partial charge in [-0.2, -0.15) is 0 Å². The van der Waals surface area contributed by atoms with Crippen molar-refractivity contribution in [3.8, 4) is 0 Å². The minimum Gasteiger partial charge on any atom is -0.0713 e. The van der Waals surface area contributed by atoms with Crippen LogP contribution in [0.25, 0.3) is 0 Å². The quantitative estimate of drug-likeness (QED) is 0.188. The van der Waals surface area contributed by atoms with E-state index in [1.165, 1.54) is 109 Å². The Morgan fingerprint density at radius 1 is 0.429 bits per heavy atom. The van der Waals surface area contributed by atoms with Gasteiger partial charge in [0.25, 0.3) is 0 Å². The Hall–Kier alpha value is 0.217. The highest BCUT2D eigenvalue weighted by Gasteiger charge is 1.96. The third kappa shape index (κ3) is 20.2. The molecule has 0 aliphatic rings. The molecule has 0 heterocycles. The number of hydrogen-bond acceptors (Lipinski definition) is 0. The van der Waals surface area contributed by atoms with E-state index in [1.54, 1.807) is 0 Å². The highest BCUT2D eigenvalue weighted by molar-refractivity contribution is 6.55.